The monoisotopic (exact) mass is 302 g/mol. The number of amides is 1. The molecule has 1 amide bonds. The molecule has 114 valence electrons. The first-order valence-corrected chi connectivity index (χ1v) is 7.25. The van der Waals surface area contributed by atoms with E-state index in [9.17, 15) is 4.79 Å². The SMILES string of the molecule is CN(C)CC(=O)Nc1ccc(C#CC#Cc2ccccc2)cc1. The summed E-state index contributed by atoms with van der Waals surface area (Å²) in [7, 11) is 3.71. The number of rotatable bonds is 3. The summed E-state index contributed by atoms with van der Waals surface area (Å²) in [5, 5.41) is 2.83. The highest BCUT2D eigenvalue weighted by Gasteiger charge is 2.02. The largest absolute Gasteiger partial charge is 0.325 e. The molecule has 0 fully saturated rings. The summed E-state index contributed by atoms with van der Waals surface area (Å²) in [4.78, 5) is 13.5. The van der Waals surface area contributed by atoms with Crippen molar-refractivity contribution in [2.24, 2.45) is 0 Å². The number of benzene rings is 2. The number of hydrogen-bond acceptors (Lipinski definition) is 2. The Bertz CT molecular complexity index is 770. The Morgan fingerprint density at radius 1 is 0.913 bits per heavy atom. The molecule has 2 aromatic rings. The van der Waals surface area contributed by atoms with Gasteiger partial charge < -0.3 is 10.2 Å². The normalized spacial score (nSPS) is 9.35. The second-order valence-electron chi connectivity index (χ2n) is 5.23. The van der Waals surface area contributed by atoms with Crippen molar-refractivity contribution in [1.82, 2.24) is 4.90 Å². The van der Waals surface area contributed by atoms with Crippen molar-refractivity contribution in [3.05, 3.63) is 65.7 Å². The molecule has 0 saturated carbocycles. The summed E-state index contributed by atoms with van der Waals surface area (Å²) < 4.78 is 0. The van der Waals surface area contributed by atoms with Crippen LogP contribution in [0.5, 0.6) is 0 Å². The van der Waals surface area contributed by atoms with E-state index < -0.39 is 0 Å². The van der Waals surface area contributed by atoms with Gasteiger partial charge in [0, 0.05) is 16.8 Å². The molecular weight excluding hydrogens is 284 g/mol. The van der Waals surface area contributed by atoms with Crippen LogP contribution in [-0.2, 0) is 4.79 Å². The summed E-state index contributed by atoms with van der Waals surface area (Å²) in [5.41, 5.74) is 2.57. The molecule has 3 heteroatoms. The zero-order valence-electron chi connectivity index (χ0n) is 13.3. The molecule has 2 rings (SSSR count). The molecule has 2 aromatic carbocycles. The molecule has 3 nitrogen and oxygen atoms in total. The minimum atomic E-state index is -0.0393. The van der Waals surface area contributed by atoms with E-state index in [1.807, 2.05) is 73.6 Å². The average molecular weight is 302 g/mol. The molecule has 0 bridgehead atoms. The number of anilines is 1. The van der Waals surface area contributed by atoms with Crippen LogP contribution in [0, 0.1) is 23.7 Å². The molecule has 0 aliphatic heterocycles. The Balaban J connectivity index is 1.95. The van der Waals surface area contributed by atoms with Crippen molar-refractivity contribution in [1.29, 1.82) is 0 Å². The number of carbonyl (C=O) groups is 1. The van der Waals surface area contributed by atoms with Gasteiger partial charge in [-0.25, -0.2) is 0 Å². The van der Waals surface area contributed by atoms with Gasteiger partial charge in [-0.1, -0.05) is 30.0 Å². The molecule has 0 aliphatic carbocycles. The Morgan fingerprint density at radius 3 is 2.04 bits per heavy atom. The summed E-state index contributed by atoms with van der Waals surface area (Å²) in [5.74, 6) is 11.6. The Labute approximate surface area is 137 Å². The highest BCUT2D eigenvalue weighted by Crippen LogP contribution is 2.08. The van der Waals surface area contributed by atoms with Crippen molar-refractivity contribution >= 4 is 11.6 Å². The first-order chi connectivity index (χ1) is 11.1. The van der Waals surface area contributed by atoms with Crippen LogP contribution in [0.4, 0.5) is 5.69 Å². The second-order valence-corrected chi connectivity index (χ2v) is 5.23. The zero-order chi connectivity index (χ0) is 16.5. The molecule has 0 heterocycles. The maximum Gasteiger partial charge on any atom is 0.238 e. The fourth-order valence-electron chi connectivity index (χ4n) is 1.85. The van der Waals surface area contributed by atoms with E-state index in [-0.39, 0.29) is 5.91 Å². The van der Waals surface area contributed by atoms with Gasteiger partial charge in [0.25, 0.3) is 0 Å². The first-order valence-electron chi connectivity index (χ1n) is 7.25. The standard InChI is InChI=1S/C20H18N2O/c1-22(2)16-20(23)21-19-14-12-18(13-15-19)11-7-6-10-17-8-4-3-5-9-17/h3-5,8-9,12-15H,16H2,1-2H3,(H,21,23). The quantitative estimate of drug-likeness (QED) is 0.884. The zero-order valence-corrected chi connectivity index (χ0v) is 13.3. The first kappa shape index (κ1) is 16.4. The highest BCUT2D eigenvalue weighted by atomic mass is 16.2. The van der Waals surface area contributed by atoms with Crippen LogP contribution < -0.4 is 5.32 Å². The summed E-state index contributed by atoms with van der Waals surface area (Å²) in [6, 6.07) is 17.1. The second kappa shape index (κ2) is 8.44. The summed E-state index contributed by atoms with van der Waals surface area (Å²) in [6.07, 6.45) is 0. The lowest BCUT2D eigenvalue weighted by molar-refractivity contribution is -0.116. The van der Waals surface area contributed by atoms with Gasteiger partial charge in [0.15, 0.2) is 0 Å². The number of likely N-dealkylation sites (N-methyl/N-ethyl adjacent to an activating group) is 1. The summed E-state index contributed by atoms with van der Waals surface area (Å²) >= 11 is 0. The van der Waals surface area contributed by atoms with Crippen molar-refractivity contribution in [2.45, 2.75) is 0 Å². The molecule has 0 radical (unpaired) electrons. The molecule has 0 spiro atoms. The minimum Gasteiger partial charge on any atom is -0.325 e. The lowest BCUT2D eigenvalue weighted by Gasteiger charge is -2.09. The predicted octanol–water partition coefficient (Wildman–Crippen LogP) is 2.59. The molecule has 0 aliphatic rings. The van der Waals surface area contributed by atoms with Gasteiger partial charge in [-0.3, -0.25) is 4.79 Å². The van der Waals surface area contributed by atoms with Crippen LogP contribution in [0.1, 0.15) is 11.1 Å². The lowest BCUT2D eigenvalue weighted by Crippen LogP contribution is -2.27. The highest BCUT2D eigenvalue weighted by molar-refractivity contribution is 5.92. The predicted molar refractivity (Wildman–Crippen MR) is 93.8 cm³/mol. The van der Waals surface area contributed by atoms with E-state index in [2.05, 4.69) is 29.0 Å². The van der Waals surface area contributed by atoms with Crippen molar-refractivity contribution in [3.63, 3.8) is 0 Å². The molecular formula is C20H18N2O. The van der Waals surface area contributed by atoms with E-state index in [1.54, 1.807) is 0 Å². The van der Waals surface area contributed by atoms with Crippen LogP contribution in [0.2, 0.25) is 0 Å². The number of nitrogens with one attached hydrogen (secondary N) is 1. The van der Waals surface area contributed by atoms with Gasteiger partial charge in [-0.15, -0.1) is 0 Å². The average Bonchev–Trinajstić information content (AvgIpc) is 2.53. The van der Waals surface area contributed by atoms with Crippen molar-refractivity contribution < 1.29 is 4.79 Å². The number of hydrogen-bond donors (Lipinski definition) is 1. The van der Waals surface area contributed by atoms with Crippen LogP contribution >= 0.6 is 0 Å². The third-order valence-electron chi connectivity index (χ3n) is 2.88. The van der Waals surface area contributed by atoms with Gasteiger partial charge in [0.2, 0.25) is 5.91 Å². The Kier molecular flexibility index (Phi) is 6.00. The molecule has 0 atom stereocenters. The van der Waals surface area contributed by atoms with Crippen LogP contribution in [-0.4, -0.2) is 31.4 Å². The van der Waals surface area contributed by atoms with Gasteiger partial charge >= 0.3 is 0 Å². The van der Waals surface area contributed by atoms with E-state index >= 15 is 0 Å². The van der Waals surface area contributed by atoms with Gasteiger partial charge in [-0.05, 0) is 62.3 Å². The van der Waals surface area contributed by atoms with E-state index in [1.165, 1.54) is 0 Å². The van der Waals surface area contributed by atoms with Crippen molar-refractivity contribution in [2.75, 3.05) is 26.0 Å². The maximum absolute atomic E-state index is 11.7. The van der Waals surface area contributed by atoms with E-state index in [0.717, 1.165) is 16.8 Å². The Morgan fingerprint density at radius 2 is 1.48 bits per heavy atom. The molecule has 0 unspecified atom stereocenters. The smallest absolute Gasteiger partial charge is 0.238 e. The fourth-order valence-corrected chi connectivity index (χ4v) is 1.85. The topological polar surface area (TPSA) is 32.3 Å². The third-order valence-corrected chi connectivity index (χ3v) is 2.88. The van der Waals surface area contributed by atoms with Gasteiger partial charge in [0.1, 0.15) is 0 Å². The number of nitrogens with zero attached hydrogens (tertiary/aromatic N) is 1. The fraction of sp³-hybridized carbons (Fsp3) is 0.150. The maximum atomic E-state index is 11.7. The van der Waals surface area contributed by atoms with Crippen LogP contribution in [0.15, 0.2) is 54.6 Å². The van der Waals surface area contributed by atoms with Crippen LogP contribution in [0.3, 0.4) is 0 Å². The van der Waals surface area contributed by atoms with E-state index in [4.69, 9.17) is 0 Å². The Hall–Kier alpha value is -3.01. The summed E-state index contributed by atoms with van der Waals surface area (Å²) in [6.45, 7) is 0.358. The molecule has 0 saturated heterocycles. The lowest BCUT2D eigenvalue weighted by atomic mass is 10.2. The minimum absolute atomic E-state index is 0.0393. The van der Waals surface area contributed by atoms with Gasteiger partial charge in [0.05, 0.1) is 6.54 Å². The molecule has 0 aromatic heterocycles. The van der Waals surface area contributed by atoms with Gasteiger partial charge in [-0.2, -0.15) is 0 Å². The van der Waals surface area contributed by atoms with E-state index in [0.29, 0.717) is 6.54 Å². The third kappa shape index (κ3) is 6.09. The molecule has 23 heavy (non-hydrogen) atoms. The van der Waals surface area contributed by atoms with Crippen LogP contribution in [0.25, 0.3) is 0 Å². The van der Waals surface area contributed by atoms with Crippen molar-refractivity contribution in [3.8, 4) is 23.7 Å². The number of carbonyl (C=O) groups excluding carboxylic acids is 1. The molecule has 1 N–H and O–H groups in total.